The number of primary amides is 1. The molecule has 3 N–H and O–H groups in total. The monoisotopic (exact) mass is 262 g/mol. The number of benzene rings is 1. The minimum Gasteiger partial charge on any atom is -0.410 e. The molecular weight excluding hydrogens is 244 g/mol. The van der Waals surface area contributed by atoms with Crippen molar-refractivity contribution in [2.75, 3.05) is 0 Å². The number of amides is 2. The average Bonchev–Trinajstić information content (AvgIpc) is 2.40. The van der Waals surface area contributed by atoms with E-state index in [1.807, 2.05) is 0 Å². The van der Waals surface area contributed by atoms with Gasteiger partial charge in [0.15, 0.2) is 0 Å². The van der Waals surface area contributed by atoms with Crippen LogP contribution in [0.5, 0.6) is 5.75 Å². The van der Waals surface area contributed by atoms with Gasteiger partial charge in [-0.3, -0.25) is 4.79 Å². The molecule has 1 saturated carbocycles. The highest BCUT2D eigenvalue weighted by molar-refractivity contribution is 5.93. The molecule has 102 valence electrons. The van der Waals surface area contributed by atoms with Gasteiger partial charge in [-0.05, 0) is 31.0 Å². The van der Waals surface area contributed by atoms with Crippen LogP contribution < -0.4 is 15.8 Å². The zero-order valence-corrected chi connectivity index (χ0v) is 10.7. The Morgan fingerprint density at radius 2 is 1.95 bits per heavy atom. The number of carbonyl (C=O) groups excluding carboxylic acids is 2. The van der Waals surface area contributed by atoms with Crippen molar-refractivity contribution in [2.45, 2.75) is 38.1 Å². The van der Waals surface area contributed by atoms with Gasteiger partial charge in [0.25, 0.3) is 0 Å². The molecule has 0 spiro atoms. The van der Waals surface area contributed by atoms with Crippen LogP contribution in [0.4, 0.5) is 4.79 Å². The van der Waals surface area contributed by atoms with Gasteiger partial charge in [0.2, 0.25) is 5.91 Å². The highest BCUT2D eigenvalue weighted by Crippen LogP contribution is 2.18. The molecule has 1 aromatic rings. The normalized spacial score (nSPS) is 15.8. The molecule has 0 saturated heterocycles. The van der Waals surface area contributed by atoms with Gasteiger partial charge >= 0.3 is 6.09 Å². The Bertz CT molecular complexity index is 468. The van der Waals surface area contributed by atoms with E-state index in [2.05, 4.69) is 5.32 Å². The second kappa shape index (κ2) is 6.22. The first kappa shape index (κ1) is 13.4. The largest absolute Gasteiger partial charge is 0.412 e. The lowest BCUT2D eigenvalue weighted by Crippen LogP contribution is -2.38. The molecule has 0 bridgehead atoms. The molecule has 1 aliphatic carbocycles. The van der Waals surface area contributed by atoms with E-state index in [0.717, 1.165) is 25.7 Å². The van der Waals surface area contributed by atoms with Crippen LogP contribution in [0.3, 0.4) is 0 Å². The predicted octanol–water partition coefficient (Wildman–Crippen LogP) is 2.21. The first-order valence-corrected chi connectivity index (χ1v) is 6.53. The van der Waals surface area contributed by atoms with Crippen LogP contribution in [0.15, 0.2) is 24.3 Å². The van der Waals surface area contributed by atoms with Gasteiger partial charge in [-0.1, -0.05) is 25.3 Å². The van der Waals surface area contributed by atoms with Crippen LogP contribution in [0, 0.1) is 0 Å². The van der Waals surface area contributed by atoms with E-state index in [1.165, 1.54) is 12.5 Å². The van der Waals surface area contributed by atoms with Crippen LogP contribution in [0.25, 0.3) is 0 Å². The third-order valence-corrected chi connectivity index (χ3v) is 3.26. The number of hydrogen-bond donors (Lipinski definition) is 2. The van der Waals surface area contributed by atoms with Gasteiger partial charge in [-0.15, -0.1) is 0 Å². The molecule has 0 aromatic heterocycles. The van der Waals surface area contributed by atoms with Crippen molar-refractivity contribution in [1.82, 2.24) is 5.32 Å². The zero-order chi connectivity index (χ0) is 13.7. The van der Waals surface area contributed by atoms with Crippen LogP contribution in [-0.4, -0.2) is 18.0 Å². The highest BCUT2D eigenvalue weighted by atomic mass is 16.6. The van der Waals surface area contributed by atoms with Crippen LogP contribution in [0.2, 0.25) is 0 Å². The highest BCUT2D eigenvalue weighted by Gasteiger charge is 2.16. The fourth-order valence-corrected chi connectivity index (χ4v) is 2.26. The average molecular weight is 262 g/mol. The Labute approximate surface area is 112 Å². The van der Waals surface area contributed by atoms with E-state index >= 15 is 0 Å². The van der Waals surface area contributed by atoms with E-state index in [4.69, 9.17) is 10.5 Å². The second-order valence-electron chi connectivity index (χ2n) is 4.76. The third kappa shape index (κ3) is 3.98. The second-order valence-corrected chi connectivity index (χ2v) is 4.76. The molecule has 1 aliphatic rings. The minimum absolute atomic E-state index is 0.195. The van der Waals surface area contributed by atoms with Crippen molar-refractivity contribution in [3.05, 3.63) is 29.8 Å². The number of nitrogens with two attached hydrogens (primary N) is 1. The fourth-order valence-electron chi connectivity index (χ4n) is 2.26. The van der Waals surface area contributed by atoms with Gasteiger partial charge in [-0.25, -0.2) is 4.79 Å². The standard InChI is InChI=1S/C14H18N2O3/c15-13(17)10-5-4-8-12(9-10)19-14(18)16-11-6-2-1-3-7-11/h4-5,8-9,11H,1-3,6-7H2,(H2,15,17)(H,16,18). The maximum atomic E-state index is 11.7. The summed E-state index contributed by atoms with van der Waals surface area (Å²) in [6.07, 6.45) is 5.03. The van der Waals surface area contributed by atoms with Crippen molar-refractivity contribution in [3.8, 4) is 5.75 Å². The summed E-state index contributed by atoms with van der Waals surface area (Å²) in [5.41, 5.74) is 5.49. The first-order chi connectivity index (χ1) is 9.15. The van der Waals surface area contributed by atoms with Crippen LogP contribution >= 0.6 is 0 Å². The first-order valence-electron chi connectivity index (χ1n) is 6.53. The number of hydrogen-bond acceptors (Lipinski definition) is 3. The predicted molar refractivity (Wildman–Crippen MR) is 71.0 cm³/mol. The summed E-state index contributed by atoms with van der Waals surface area (Å²) in [6.45, 7) is 0. The smallest absolute Gasteiger partial charge is 0.410 e. The molecule has 0 atom stereocenters. The van der Waals surface area contributed by atoms with E-state index < -0.39 is 12.0 Å². The van der Waals surface area contributed by atoms with E-state index in [0.29, 0.717) is 11.3 Å². The molecule has 2 rings (SSSR count). The molecule has 0 heterocycles. The van der Waals surface area contributed by atoms with Crippen molar-refractivity contribution in [2.24, 2.45) is 5.73 Å². The summed E-state index contributed by atoms with van der Waals surface area (Å²) >= 11 is 0. The summed E-state index contributed by atoms with van der Waals surface area (Å²) in [4.78, 5) is 22.7. The molecular formula is C14H18N2O3. The van der Waals surface area contributed by atoms with Crippen molar-refractivity contribution < 1.29 is 14.3 Å². The molecule has 1 fully saturated rings. The van der Waals surface area contributed by atoms with E-state index in [-0.39, 0.29) is 6.04 Å². The SMILES string of the molecule is NC(=O)c1cccc(OC(=O)NC2CCCCC2)c1. The summed E-state index contributed by atoms with van der Waals surface area (Å²) in [5, 5.41) is 2.84. The topological polar surface area (TPSA) is 81.4 Å². The maximum absolute atomic E-state index is 11.7. The summed E-state index contributed by atoms with van der Waals surface area (Å²) < 4.78 is 5.15. The summed E-state index contributed by atoms with van der Waals surface area (Å²) in [5.74, 6) is -0.220. The van der Waals surface area contributed by atoms with Gasteiger partial charge in [0.05, 0.1) is 0 Å². The molecule has 5 nitrogen and oxygen atoms in total. The zero-order valence-electron chi connectivity index (χ0n) is 10.7. The number of carbonyl (C=O) groups is 2. The summed E-state index contributed by atoms with van der Waals surface area (Å²) in [6, 6.07) is 6.48. The Morgan fingerprint density at radius 1 is 1.21 bits per heavy atom. The maximum Gasteiger partial charge on any atom is 0.412 e. The molecule has 5 heteroatoms. The van der Waals surface area contributed by atoms with Gasteiger partial charge in [0, 0.05) is 11.6 Å². The van der Waals surface area contributed by atoms with Crippen molar-refractivity contribution >= 4 is 12.0 Å². The fraction of sp³-hybridized carbons (Fsp3) is 0.429. The lowest BCUT2D eigenvalue weighted by molar-refractivity contribution is 0.0999. The van der Waals surface area contributed by atoms with Crippen molar-refractivity contribution in [1.29, 1.82) is 0 Å². The molecule has 0 aliphatic heterocycles. The summed E-state index contributed by atoms with van der Waals surface area (Å²) in [7, 11) is 0. The van der Waals surface area contributed by atoms with E-state index in [1.54, 1.807) is 18.2 Å². The molecule has 2 amide bonds. The number of nitrogens with one attached hydrogen (secondary N) is 1. The van der Waals surface area contributed by atoms with Gasteiger partial charge in [0.1, 0.15) is 5.75 Å². The van der Waals surface area contributed by atoms with Gasteiger partial charge < -0.3 is 15.8 Å². The molecule has 1 aromatic carbocycles. The number of rotatable bonds is 3. The Balaban J connectivity index is 1.90. The minimum atomic E-state index is -0.543. The Hall–Kier alpha value is -2.04. The Kier molecular flexibility index (Phi) is 4.39. The van der Waals surface area contributed by atoms with E-state index in [9.17, 15) is 9.59 Å². The quantitative estimate of drug-likeness (QED) is 0.876. The van der Waals surface area contributed by atoms with Crippen LogP contribution in [-0.2, 0) is 0 Å². The molecule has 0 unspecified atom stereocenters. The van der Waals surface area contributed by atoms with Gasteiger partial charge in [-0.2, -0.15) is 0 Å². The van der Waals surface area contributed by atoms with Crippen LogP contribution in [0.1, 0.15) is 42.5 Å². The molecule has 0 radical (unpaired) electrons. The third-order valence-electron chi connectivity index (χ3n) is 3.26. The van der Waals surface area contributed by atoms with Crippen molar-refractivity contribution in [3.63, 3.8) is 0 Å². The lowest BCUT2D eigenvalue weighted by atomic mass is 9.96. The molecule has 19 heavy (non-hydrogen) atoms. The number of ether oxygens (including phenoxy) is 1. The lowest BCUT2D eigenvalue weighted by Gasteiger charge is -2.22. The Morgan fingerprint density at radius 3 is 2.63 bits per heavy atom.